The Kier molecular flexibility index (Phi) is 7.33. The van der Waals surface area contributed by atoms with E-state index < -0.39 is 24.5 Å². The van der Waals surface area contributed by atoms with Gasteiger partial charge in [0.1, 0.15) is 11.5 Å². The van der Waals surface area contributed by atoms with Gasteiger partial charge in [-0.05, 0) is 52.6 Å². The molecule has 0 aliphatic heterocycles. The molecule has 0 atom stereocenters. The third-order valence-electron chi connectivity index (χ3n) is 4.35. The van der Waals surface area contributed by atoms with Gasteiger partial charge in [0.2, 0.25) is 0 Å². The fraction of sp³-hybridized carbons (Fsp3) is 0.0385. The van der Waals surface area contributed by atoms with E-state index in [0.717, 1.165) is 34.4 Å². The van der Waals surface area contributed by atoms with Gasteiger partial charge in [-0.2, -0.15) is 0 Å². The molecule has 0 unspecified atom stereocenters. The minimum absolute atomic E-state index is 0.342. The first-order chi connectivity index (χ1) is 15.5. The van der Waals surface area contributed by atoms with Crippen LogP contribution in [0.5, 0.6) is 11.5 Å². The van der Waals surface area contributed by atoms with Crippen molar-refractivity contribution in [2.24, 2.45) is 0 Å². The third-order valence-corrected chi connectivity index (χ3v) is 4.35. The number of esters is 3. The van der Waals surface area contributed by atoms with E-state index in [1.807, 2.05) is 48.5 Å². The van der Waals surface area contributed by atoms with Gasteiger partial charge in [-0.1, -0.05) is 55.6 Å². The van der Waals surface area contributed by atoms with Crippen LogP contribution in [0.1, 0.15) is 0 Å². The van der Waals surface area contributed by atoms with Gasteiger partial charge in [-0.15, -0.1) is 0 Å². The molecule has 32 heavy (non-hydrogen) atoms. The zero-order valence-electron chi connectivity index (χ0n) is 17.2. The monoisotopic (exact) mass is 428 g/mol. The first kappa shape index (κ1) is 22.2. The highest BCUT2D eigenvalue weighted by atomic mass is 16.6. The maximum absolute atomic E-state index is 11.7. The van der Waals surface area contributed by atoms with Crippen molar-refractivity contribution in [1.29, 1.82) is 0 Å². The van der Waals surface area contributed by atoms with Crippen LogP contribution in [0.2, 0.25) is 0 Å². The molecular formula is C26H20O6. The minimum atomic E-state index is -0.690. The molecule has 6 heteroatoms. The van der Waals surface area contributed by atoms with E-state index in [4.69, 9.17) is 9.47 Å². The topological polar surface area (TPSA) is 78.9 Å². The molecule has 0 spiro atoms. The number of carbonyl (C=O) groups is 3. The van der Waals surface area contributed by atoms with Gasteiger partial charge in [0.15, 0.2) is 6.61 Å². The molecule has 0 fully saturated rings. The number of hydrogen-bond acceptors (Lipinski definition) is 6. The molecule has 0 heterocycles. The number of hydrogen-bond donors (Lipinski definition) is 0. The molecule has 6 nitrogen and oxygen atoms in total. The molecule has 3 rings (SSSR count). The van der Waals surface area contributed by atoms with Crippen LogP contribution < -0.4 is 9.47 Å². The first-order valence-corrected chi connectivity index (χ1v) is 9.63. The van der Waals surface area contributed by atoms with Crippen LogP contribution in [0.15, 0.2) is 98.1 Å². The van der Waals surface area contributed by atoms with E-state index in [2.05, 4.69) is 17.9 Å². The van der Waals surface area contributed by atoms with Crippen molar-refractivity contribution < 1.29 is 28.6 Å². The number of carbonyl (C=O) groups excluding carboxylic acids is 3. The molecule has 0 aromatic heterocycles. The molecule has 0 radical (unpaired) electrons. The fourth-order valence-corrected chi connectivity index (χ4v) is 2.82. The van der Waals surface area contributed by atoms with Crippen LogP contribution in [-0.2, 0) is 19.1 Å². The van der Waals surface area contributed by atoms with Gasteiger partial charge in [-0.3, -0.25) is 0 Å². The summed E-state index contributed by atoms with van der Waals surface area (Å²) in [5.74, 6) is -1.10. The predicted molar refractivity (Wildman–Crippen MR) is 120 cm³/mol. The molecule has 0 saturated heterocycles. The van der Waals surface area contributed by atoms with Gasteiger partial charge < -0.3 is 14.2 Å². The lowest BCUT2D eigenvalue weighted by atomic mass is 9.99. The van der Waals surface area contributed by atoms with Gasteiger partial charge in [0.05, 0.1) is 0 Å². The molecule has 3 aromatic rings. The van der Waals surface area contributed by atoms with Crippen molar-refractivity contribution in [2.75, 3.05) is 6.61 Å². The molecule has 0 saturated carbocycles. The van der Waals surface area contributed by atoms with Crippen molar-refractivity contribution in [3.8, 4) is 33.8 Å². The van der Waals surface area contributed by atoms with Crippen LogP contribution >= 0.6 is 0 Å². The summed E-state index contributed by atoms with van der Waals surface area (Å²) in [5, 5.41) is 0. The molecule has 3 aromatic carbocycles. The second-order valence-electron chi connectivity index (χ2n) is 6.54. The van der Waals surface area contributed by atoms with Crippen molar-refractivity contribution in [1.82, 2.24) is 0 Å². The summed E-state index contributed by atoms with van der Waals surface area (Å²) in [6.07, 6.45) is 2.09. The molecule has 0 aliphatic carbocycles. The smallest absolute Gasteiger partial charge is 0.349 e. The highest BCUT2D eigenvalue weighted by Crippen LogP contribution is 2.28. The van der Waals surface area contributed by atoms with Gasteiger partial charge in [0, 0.05) is 12.2 Å². The molecule has 0 bridgehead atoms. The molecule has 0 N–H and O–H groups in total. The highest BCUT2D eigenvalue weighted by Gasteiger charge is 2.09. The minimum Gasteiger partial charge on any atom is -0.451 e. The van der Waals surface area contributed by atoms with Crippen LogP contribution in [0.4, 0.5) is 0 Å². The van der Waals surface area contributed by atoms with Crippen LogP contribution in [-0.4, -0.2) is 24.5 Å². The summed E-state index contributed by atoms with van der Waals surface area (Å²) in [6, 6.07) is 22.1. The fourth-order valence-electron chi connectivity index (χ4n) is 2.82. The Bertz CT molecular complexity index is 1140. The average molecular weight is 428 g/mol. The summed E-state index contributed by atoms with van der Waals surface area (Å²) < 4.78 is 14.9. The Morgan fingerprint density at radius 1 is 0.656 bits per heavy atom. The van der Waals surface area contributed by atoms with Crippen molar-refractivity contribution in [3.63, 3.8) is 0 Å². The van der Waals surface area contributed by atoms with Crippen LogP contribution in [0.3, 0.4) is 0 Å². The van der Waals surface area contributed by atoms with Crippen molar-refractivity contribution >= 4 is 17.9 Å². The van der Waals surface area contributed by atoms with E-state index in [1.165, 1.54) is 0 Å². The summed E-state index contributed by atoms with van der Waals surface area (Å²) in [6.45, 7) is 6.15. The third kappa shape index (κ3) is 6.03. The summed E-state index contributed by atoms with van der Waals surface area (Å²) in [4.78, 5) is 34.0. The second-order valence-corrected chi connectivity index (χ2v) is 6.54. The molecule has 0 amide bonds. The summed E-state index contributed by atoms with van der Waals surface area (Å²) >= 11 is 0. The Balaban J connectivity index is 1.69. The Labute approximate surface area is 185 Å². The average Bonchev–Trinajstić information content (AvgIpc) is 2.83. The summed E-state index contributed by atoms with van der Waals surface area (Å²) in [7, 11) is 0. The van der Waals surface area contributed by atoms with Crippen molar-refractivity contribution in [2.45, 2.75) is 0 Å². The number of ether oxygens (including phenoxy) is 3. The number of benzene rings is 3. The standard InChI is InChI=1S/C26H20O6/c1-3-24(27)30-17-26(29)32-23-14-10-19(11-15-23)21-7-5-6-20(16-21)18-8-12-22(13-9-18)31-25(28)4-2/h3-16H,1-2,17H2. The maximum Gasteiger partial charge on any atom is 0.349 e. The van der Waals surface area contributed by atoms with Crippen LogP contribution in [0, 0.1) is 0 Å². The largest absolute Gasteiger partial charge is 0.451 e. The highest BCUT2D eigenvalue weighted by molar-refractivity contribution is 5.84. The van der Waals surface area contributed by atoms with E-state index in [0.29, 0.717) is 11.5 Å². The molecular weight excluding hydrogens is 408 g/mol. The van der Waals surface area contributed by atoms with Gasteiger partial charge >= 0.3 is 17.9 Å². The van der Waals surface area contributed by atoms with Crippen LogP contribution in [0.25, 0.3) is 22.3 Å². The lowest BCUT2D eigenvalue weighted by molar-refractivity contribution is -0.150. The van der Waals surface area contributed by atoms with E-state index in [1.54, 1.807) is 24.3 Å². The zero-order valence-corrected chi connectivity index (χ0v) is 17.2. The first-order valence-electron chi connectivity index (χ1n) is 9.63. The van der Waals surface area contributed by atoms with Gasteiger partial charge in [0.25, 0.3) is 0 Å². The van der Waals surface area contributed by atoms with Crippen molar-refractivity contribution in [3.05, 3.63) is 98.1 Å². The predicted octanol–water partition coefficient (Wildman–Crippen LogP) is 4.75. The van der Waals surface area contributed by atoms with E-state index >= 15 is 0 Å². The Hall–Kier alpha value is -4.45. The Morgan fingerprint density at radius 3 is 1.66 bits per heavy atom. The normalized spacial score (nSPS) is 10.0. The molecule has 160 valence electrons. The SMILES string of the molecule is C=CC(=O)OCC(=O)Oc1ccc(-c2cccc(-c3ccc(OC(=O)C=C)cc3)c2)cc1. The quantitative estimate of drug-likeness (QED) is 0.293. The van der Waals surface area contributed by atoms with E-state index in [-0.39, 0.29) is 0 Å². The Morgan fingerprint density at radius 2 is 1.16 bits per heavy atom. The zero-order chi connectivity index (χ0) is 22.9. The maximum atomic E-state index is 11.7. The second kappa shape index (κ2) is 10.5. The van der Waals surface area contributed by atoms with Gasteiger partial charge in [-0.25, -0.2) is 14.4 Å². The number of rotatable bonds is 8. The lowest BCUT2D eigenvalue weighted by Gasteiger charge is -2.09. The summed E-state index contributed by atoms with van der Waals surface area (Å²) in [5.41, 5.74) is 3.86. The van der Waals surface area contributed by atoms with E-state index in [9.17, 15) is 14.4 Å². The lowest BCUT2D eigenvalue weighted by Crippen LogP contribution is -2.17. The molecule has 0 aliphatic rings.